The Morgan fingerprint density at radius 1 is 1.53 bits per heavy atom. The molecule has 1 aliphatic rings. The van der Waals surface area contributed by atoms with E-state index in [9.17, 15) is 9.59 Å². The number of amides is 1. The van der Waals surface area contributed by atoms with Crippen LogP contribution in [0.5, 0.6) is 0 Å². The fraction of sp³-hybridized carbons (Fsp3) is 0.538. The summed E-state index contributed by atoms with van der Waals surface area (Å²) in [5, 5.41) is 1.89. The molecule has 1 fully saturated rings. The molecule has 2 rings (SSSR count). The standard InChI is InChI=1S/C13H16BrNO3S/c1-18-11(16)8-9-4-2-3-6-15(9)13(17)12-10(14)5-7-19-12/h5,7,9H,2-4,6,8H2,1H3. The highest BCUT2D eigenvalue weighted by Gasteiger charge is 2.30. The number of likely N-dealkylation sites (tertiary alicyclic amines) is 1. The van der Waals surface area contributed by atoms with Gasteiger partial charge in [-0.25, -0.2) is 0 Å². The van der Waals surface area contributed by atoms with Crippen molar-refractivity contribution in [3.05, 3.63) is 20.8 Å². The van der Waals surface area contributed by atoms with Crippen molar-refractivity contribution >= 4 is 39.1 Å². The minimum atomic E-state index is -0.255. The summed E-state index contributed by atoms with van der Waals surface area (Å²) in [7, 11) is 1.38. The molecule has 1 aliphatic heterocycles. The highest BCUT2D eigenvalue weighted by atomic mass is 79.9. The number of carbonyl (C=O) groups excluding carboxylic acids is 2. The predicted octanol–water partition coefficient (Wildman–Crippen LogP) is 3.07. The van der Waals surface area contributed by atoms with Crippen LogP contribution in [-0.2, 0) is 9.53 Å². The van der Waals surface area contributed by atoms with E-state index in [1.165, 1.54) is 18.4 Å². The van der Waals surface area contributed by atoms with Gasteiger partial charge in [0.15, 0.2) is 0 Å². The van der Waals surface area contributed by atoms with E-state index in [4.69, 9.17) is 4.74 Å². The van der Waals surface area contributed by atoms with E-state index >= 15 is 0 Å². The van der Waals surface area contributed by atoms with E-state index in [0.29, 0.717) is 11.4 Å². The van der Waals surface area contributed by atoms with Crippen molar-refractivity contribution in [3.63, 3.8) is 0 Å². The second-order valence-electron chi connectivity index (χ2n) is 4.53. The van der Waals surface area contributed by atoms with Gasteiger partial charge >= 0.3 is 5.97 Å². The quantitative estimate of drug-likeness (QED) is 0.791. The lowest BCUT2D eigenvalue weighted by Crippen LogP contribution is -2.44. The number of esters is 1. The normalized spacial score (nSPS) is 19.3. The molecule has 1 aromatic rings. The Morgan fingerprint density at radius 3 is 2.95 bits per heavy atom. The smallest absolute Gasteiger partial charge is 0.307 e. The molecule has 6 heteroatoms. The lowest BCUT2D eigenvalue weighted by atomic mass is 9.99. The van der Waals surface area contributed by atoms with Crippen LogP contribution in [0.3, 0.4) is 0 Å². The maximum absolute atomic E-state index is 12.5. The van der Waals surface area contributed by atoms with Gasteiger partial charge in [-0.2, -0.15) is 0 Å². The van der Waals surface area contributed by atoms with E-state index in [1.807, 2.05) is 16.3 Å². The van der Waals surface area contributed by atoms with Gasteiger partial charge in [0.05, 0.1) is 13.5 Å². The van der Waals surface area contributed by atoms with E-state index in [2.05, 4.69) is 15.9 Å². The molecule has 2 heterocycles. The molecule has 19 heavy (non-hydrogen) atoms. The molecule has 0 saturated carbocycles. The maximum Gasteiger partial charge on any atom is 0.307 e. The molecule has 104 valence electrons. The van der Waals surface area contributed by atoms with E-state index in [-0.39, 0.29) is 24.3 Å². The molecular formula is C13H16BrNO3S. The summed E-state index contributed by atoms with van der Waals surface area (Å²) in [6.45, 7) is 0.713. The molecule has 0 aliphatic carbocycles. The number of halogens is 1. The summed E-state index contributed by atoms with van der Waals surface area (Å²) in [6.07, 6.45) is 3.19. The summed E-state index contributed by atoms with van der Waals surface area (Å²) in [4.78, 5) is 26.5. The first kappa shape index (κ1) is 14.5. The van der Waals surface area contributed by atoms with Gasteiger partial charge in [0.1, 0.15) is 4.88 Å². The van der Waals surface area contributed by atoms with Crippen LogP contribution >= 0.6 is 27.3 Å². The van der Waals surface area contributed by atoms with Crippen LogP contribution in [0, 0.1) is 0 Å². The topological polar surface area (TPSA) is 46.6 Å². The fourth-order valence-corrected chi connectivity index (χ4v) is 3.83. The summed E-state index contributed by atoms with van der Waals surface area (Å²) in [6, 6.07) is 1.83. The van der Waals surface area contributed by atoms with Crippen molar-refractivity contribution in [1.29, 1.82) is 0 Å². The Morgan fingerprint density at radius 2 is 2.32 bits per heavy atom. The third kappa shape index (κ3) is 3.36. The number of hydrogen-bond donors (Lipinski definition) is 0. The number of hydrogen-bond acceptors (Lipinski definition) is 4. The largest absolute Gasteiger partial charge is 0.469 e. The molecule has 1 aromatic heterocycles. The zero-order valence-corrected chi connectivity index (χ0v) is 13.1. The van der Waals surface area contributed by atoms with E-state index in [1.54, 1.807) is 0 Å². The first-order chi connectivity index (χ1) is 9.13. The number of nitrogens with zero attached hydrogens (tertiary/aromatic N) is 1. The first-order valence-corrected chi connectivity index (χ1v) is 7.91. The Hall–Kier alpha value is -0.880. The van der Waals surface area contributed by atoms with Crippen molar-refractivity contribution < 1.29 is 14.3 Å². The average molecular weight is 346 g/mol. The van der Waals surface area contributed by atoms with E-state index < -0.39 is 0 Å². The van der Waals surface area contributed by atoms with Crippen molar-refractivity contribution in [2.45, 2.75) is 31.7 Å². The van der Waals surface area contributed by atoms with Crippen molar-refractivity contribution in [1.82, 2.24) is 4.90 Å². The lowest BCUT2D eigenvalue weighted by molar-refractivity contribution is -0.142. The minimum absolute atomic E-state index is 0.00970. The highest BCUT2D eigenvalue weighted by molar-refractivity contribution is 9.10. The molecule has 1 amide bonds. The monoisotopic (exact) mass is 345 g/mol. The molecule has 0 aromatic carbocycles. The summed E-state index contributed by atoms with van der Waals surface area (Å²) < 4.78 is 5.54. The number of ether oxygens (including phenoxy) is 1. The number of thiophene rings is 1. The van der Waals surface area contributed by atoms with Gasteiger partial charge in [0.25, 0.3) is 5.91 Å². The third-order valence-corrected chi connectivity index (χ3v) is 5.16. The van der Waals surface area contributed by atoms with Crippen LogP contribution in [0.25, 0.3) is 0 Å². The zero-order valence-electron chi connectivity index (χ0n) is 10.7. The van der Waals surface area contributed by atoms with Gasteiger partial charge in [0.2, 0.25) is 0 Å². The summed E-state index contributed by atoms with van der Waals surface area (Å²) >= 11 is 4.81. The van der Waals surface area contributed by atoms with Crippen LogP contribution in [0.15, 0.2) is 15.9 Å². The molecule has 0 radical (unpaired) electrons. The van der Waals surface area contributed by atoms with Crippen LogP contribution in [-0.4, -0.2) is 36.5 Å². The van der Waals surface area contributed by atoms with Crippen molar-refractivity contribution in [2.24, 2.45) is 0 Å². The van der Waals surface area contributed by atoms with Gasteiger partial charge in [-0.3, -0.25) is 9.59 Å². The van der Waals surface area contributed by atoms with Gasteiger partial charge in [0, 0.05) is 17.1 Å². The Kier molecular flexibility index (Phi) is 4.99. The number of carbonyl (C=O) groups is 2. The molecular weight excluding hydrogens is 330 g/mol. The SMILES string of the molecule is COC(=O)CC1CCCCN1C(=O)c1sccc1Br. The predicted molar refractivity (Wildman–Crippen MR) is 77.3 cm³/mol. The second-order valence-corrected chi connectivity index (χ2v) is 6.30. The molecule has 1 unspecified atom stereocenters. The van der Waals surface area contributed by atoms with Crippen molar-refractivity contribution in [2.75, 3.05) is 13.7 Å². The number of rotatable bonds is 3. The maximum atomic E-state index is 12.5. The van der Waals surface area contributed by atoms with Gasteiger partial charge in [-0.15, -0.1) is 11.3 Å². The average Bonchev–Trinajstić information content (AvgIpc) is 2.84. The van der Waals surface area contributed by atoms with Crippen molar-refractivity contribution in [3.8, 4) is 0 Å². The molecule has 1 atom stereocenters. The fourth-order valence-electron chi connectivity index (χ4n) is 2.33. The van der Waals surface area contributed by atoms with Crippen LogP contribution in [0.4, 0.5) is 0 Å². The van der Waals surface area contributed by atoms with Crippen LogP contribution < -0.4 is 0 Å². The molecule has 0 bridgehead atoms. The van der Waals surface area contributed by atoms with E-state index in [0.717, 1.165) is 23.7 Å². The molecule has 1 saturated heterocycles. The lowest BCUT2D eigenvalue weighted by Gasteiger charge is -2.35. The number of piperidine rings is 1. The van der Waals surface area contributed by atoms with Gasteiger partial charge in [-0.1, -0.05) is 0 Å². The Labute approximate surface area is 124 Å². The summed E-state index contributed by atoms with van der Waals surface area (Å²) in [5.74, 6) is -0.245. The van der Waals surface area contributed by atoms with Gasteiger partial charge in [-0.05, 0) is 46.6 Å². The zero-order chi connectivity index (χ0) is 13.8. The summed E-state index contributed by atoms with van der Waals surface area (Å²) in [5.41, 5.74) is 0. The van der Waals surface area contributed by atoms with Crippen LogP contribution in [0.1, 0.15) is 35.4 Å². The van der Waals surface area contributed by atoms with Gasteiger partial charge < -0.3 is 9.64 Å². The minimum Gasteiger partial charge on any atom is -0.469 e. The number of methoxy groups -OCH3 is 1. The molecule has 4 nitrogen and oxygen atoms in total. The third-order valence-electron chi connectivity index (χ3n) is 3.33. The Balaban J connectivity index is 2.13. The molecule has 0 N–H and O–H groups in total. The first-order valence-electron chi connectivity index (χ1n) is 6.24. The Bertz CT molecular complexity index is 474. The molecule has 0 spiro atoms. The second kappa shape index (κ2) is 6.52. The highest BCUT2D eigenvalue weighted by Crippen LogP contribution is 2.28. The van der Waals surface area contributed by atoms with Crippen LogP contribution in [0.2, 0.25) is 0 Å².